The Bertz CT molecular complexity index is 924. The number of hydrogen-bond donors (Lipinski definition) is 1. The summed E-state index contributed by atoms with van der Waals surface area (Å²) in [4.78, 5) is 4.76. The number of nitriles is 1. The number of nitrogens with one attached hydrogen (secondary N) is 1. The first-order valence-electron chi connectivity index (χ1n) is 7.54. The van der Waals surface area contributed by atoms with Gasteiger partial charge >= 0.3 is 0 Å². The van der Waals surface area contributed by atoms with Gasteiger partial charge in [0.1, 0.15) is 11.8 Å². The van der Waals surface area contributed by atoms with Crippen molar-refractivity contribution in [3.63, 3.8) is 0 Å². The van der Waals surface area contributed by atoms with E-state index < -0.39 is 11.2 Å². The predicted molar refractivity (Wildman–Crippen MR) is 93.9 cm³/mol. The largest absolute Gasteiger partial charge is 0.611 e. The van der Waals surface area contributed by atoms with Crippen molar-refractivity contribution >= 4 is 28.3 Å². The van der Waals surface area contributed by atoms with Gasteiger partial charge in [-0.05, 0) is 55.2 Å². The van der Waals surface area contributed by atoms with Gasteiger partial charge in [0.15, 0.2) is 11.5 Å². The van der Waals surface area contributed by atoms with Crippen molar-refractivity contribution in [2.45, 2.75) is 25.7 Å². The van der Waals surface area contributed by atoms with Gasteiger partial charge in [0.05, 0.1) is 6.20 Å². The molecule has 2 heterocycles. The molecule has 0 amide bonds. The zero-order chi connectivity index (χ0) is 17.3. The fourth-order valence-corrected chi connectivity index (χ4v) is 3.49. The average Bonchev–Trinajstić information content (AvgIpc) is 2.95. The first-order chi connectivity index (χ1) is 11.5. The normalized spacial score (nSPS) is 12.1. The Balaban J connectivity index is 2.12. The van der Waals surface area contributed by atoms with Gasteiger partial charge in [0.25, 0.3) is 0 Å². The van der Waals surface area contributed by atoms with E-state index >= 15 is 0 Å². The summed E-state index contributed by atoms with van der Waals surface area (Å²) in [6, 6.07) is 9.89. The van der Waals surface area contributed by atoms with Crippen LogP contribution < -0.4 is 5.32 Å². The predicted octanol–water partition coefficient (Wildman–Crippen LogP) is 3.09. The minimum Gasteiger partial charge on any atom is -0.611 e. The molecule has 1 N–H and O–H groups in total. The number of nitrogens with zero attached hydrogens (tertiary/aromatic N) is 4. The minimum atomic E-state index is -1.20. The Labute approximate surface area is 143 Å². The van der Waals surface area contributed by atoms with E-state index in [4.69, 9.17) is 0 Å². The molecular weight excluding hydrogens is 322 g/mol. The van der Waals surface area contributed by atoms with Crippen molar-refractivity contribution in [2.75, 3.05) is 11.1 Å². The highest BCUT2D eigenvalue weighted by atomic mass is 32.2. The van der Waals surface area contributed by atoms with Gasteiger partial charge in [-0.25, -0.2) is 4.98 Å². The second-order valence-corrected chi connectivity index (χ2v) is 7.23. The molecule has 3 rings (SSSR count). The quantitative estimate of drug-likeness (QED) is 0.738. The van der Waals surface area contributed by atoms with Crippen LogP contribution in [-0.2, 0) is 11.2 Å². The highest BCUT2D eigenvalue weighted by Gasteiger charge is 2.20. The number of imidazole rings is 1. The molecule has 0 fully saturated rings. The van der Waals surface area contributed by atoms with E-state index in [1.807, 2.05) is 32.9 Å². The van der Waals surface area contributed by atoms with Crippen molar-refractivity contribution in [1.29, 1.82) is 5.26 Å². The van der Waals surface area contributed by atoms with E-state index in [1.165, 1.54) is 10.7 Å². The Hall–Kier alpha value is -2.56. The molecule has 0 aliphatic heterocycles. The zero-order valence-electron chi connectivity index (χ0n) is 13.7. The highest BCUT2D eigenvalue weighted by Crippen LogP contribution is 2.24. The molecule has 0 aliphatic rings. The molecular formula is C17H17N5OS. The van der Waals surface area contributed by atoms with E-state index in [2.05, 4.69) is 27.5 Å². The summed E-state index contributed by atoms with van der Waals surface area (Å²) in [5, 5.41) is 16.9. The van der Waals surface area contributed by atoms with Crippen LogP contribution in [-0.4, -0.2) is 24.9 Å². The first-order valence-corrected chi connectivity index (χ1v) is 8.86. The molecule has 1 atom stereocenters. The second kappa shape index (κ2) is 6.51. The number of fused-ring (bicyclic) bond motifs is 1. The lowest BCUT2D eigenvalue weighted by atomic mass is 10.1. The zero-order valence-corrected chi connectivity index (χ0v) is 14.5. The SMILES string of the molecule is CC[S+]([O-])c1cc(Nc2cc(C)cc(C)c2)nn2c(C#N)cnc12. The fourth-order valence-electron chi connectivity index (χ4n) is 2.60. The third-order valence-electron chi connectivity index (χ3n) is 3.55. The number of hydrogen-bond acceptors (Lipinski definition) is 5. The molecule has 1 aromatic carbocycles. The Morgan fingerprint density at radius 2 is 1.96 bits per heavy atom. The molecule has 122 valence electrons. The summed E-state index contributed by atoms with van der Waals surface area (Å²) in [5.74, 6) is 0.996. The monoisotopic (exact) mass is 339 g/mol. The molecule has 3 aromatic rings. The summed E-state index contributed by atoms with van der Waals surface area (Å²) >= 11 is -1.20. The lowest BCUT2D eigenvalue weighted by Crippen LogP contribution is -2.10. The maximum atomic E-state index is 12.4. The second-order valence-electron chi connectivity index (χ2n) is 5.52. The molecule has 0 saturated carbocycles. The number of aromatic nitrogens is 3. The summed E-state index contributed by atoms with van der Waals surface area (Å²) in [7, 11) is 0. The van der Waals surface area contributed by atoms with Gasteiger partial charge in [0.2, 0.25) is 10.5 Å². The van der Waals surface area contributed by atoms with Crippen LogP contribution in [0.3, 0.4) is 0 Å². The van der Waals surface area contributed by atoms with Crippen LogP contribution in [0.1, 0.15) is 23.7 Å². The fraction of sp³-hybridized carbons (Fsp3) is 0.235. The minimum absolute atomic E-state index is 0.309. The van der Waals surface area contributed by atoms with Gasteiger partial charge in [-0.2, -0.15) is 9.78 Å². The summed E-state index contributed by atoms with van der Waals surface area (Å²) in [6.07, 6.45) is 1.44. The van der Waals surface area contributed by atoms with Crippen LogP contribution in [0.5, 0.6) is 0 Å². The van der Waals surface area contributed by atoms with Crippen molar-refractivity contribution in [2.24, 2.45) is 0 Å². The maximum Gasteiger partial charge on any atom is 0.211 e. The molecule has 0 spiro atoms. The molecule has 0 bridgehead atoms. The van der Waals surface area contributed by atoms with Crippen LogP contribution in [0.4, 0.5) is 11.5 Å². The van der Waals surface area contributed by atoms with Crippen LogP contribution in [0.15, 0.2) is 35.4 Å². The number of aryl methyl sites for hydroxylation is 2. The van der Waals surface area contributed by atoms with Gasteiger partial charge in [-0.1, -0.05) is 6.07 Å². The third-order valence-corrected chi connectivity index (χ3v) is 4.87. The molecule has 24 heavy (non-hydrogen) atoms. The number of benzene rings is 1. The van der Waals surface area contributed by atoms with Gasteiger partial charge < -0.3 is 9.87 Å². The first kappa shape index (κ1) is 16.3. The van der Waals surface area contributed by atoms with E-state index in [-0.39, 0.29) is 0 Å². The smallest absolute Gasteiger partial charge is 0.211 e. The summed E-state index contributed by atoms with van der Waals surface area (Å²) in [5.41, 5.74) is 3.93. The van der Waals surface area contributed by atoms with Gasteiger partial charge in [-0.15, -0.1) is 5.10 Å². The topological polar surface area (TPSA) is 89.1 Å². The van der Waals surface area contributed by atoms with Crippen LogP contribution >= 0.6 is 0 Å². The number of anilines is 2. The lowest BCUT2D eigenvalue weighted by molar-refractivity contribution is 0.596. The van der Waals surface area contributed by atoms with Crippen molar-refractivity contribution in [3.05, 3.63) is 47.3 Å². The summed E-state index contributed by atoms with van der Waals surface area (Å²) in [6.45, 7) is 5.89. The van der Waals surface area contributed by atoms with Crippen LogP contribution in [0.2, 0.25) is 0 Å². The molecule has 1 unspecified atom stereocenters. The molecule has 0 saturated heterocycles. The molecule has 6 nitrogen and oxygen atoms in total. The average molecular weight is 339 g/mol. The van der Waals surface area contributed by atoms with E-state index in [9.17, 15) is 9.81 Å². The Kier molecular flexibility index (Phi) is 4.42. The van der Waals surface area contributed by atoms with E-state index in [1.54, 1.807) is 6.07 Å². The van der Waals surface area contributed by atoms with Crippen molar-refractivity contribution in [1.82, 2.24) is 14.6 Å². The summed E-state index contributed by atoms with van der Waals surface area (Å²) < 4.78 is 13.8. The molecule has 2 aromatic heterocycles. The van der Waals surface area contributed by atoms with Crippen molar-refractivity contribution in [3.8, 4) is 6.07 Å². The molecule has 7 heteroatoms. The standard InChI is InChI=1S/C17H17N5OS/c1-4-24(23)15-8-16(20-13-6-11(2)5-12(3)7-13)21-22-14(9-18)10-19-17(15)22/h5-8,10H,4H2,1-3H3,(H,20,21). The number of rotatable bonds is 4. The Morgan fingerprint density at radius 1 is 1.25 bits per heavy atom. The van der Waals surface area contributed by atoms with Crippen LogP contribution in [0.25, 0.3) is 5.65 Å². The van der Waals surface area contributed by atoms with Gasteiger partial charge in [-0.3, -0.25) is 0 Å². The molecule has 0 aliphatic carbocycles. The highest BCUT2D eigenvalue weighted by molar-refractivity contribution is 7.91. The Morgan fingerprint density at radius 3 is 2.58 bits per heavy atom. The maximum absolute atomic E-state index is 12.4. The van der Waals surface area contributed by atoms with Crippen molar-refractivity contribution < 1.29 is 4.55 Å². The van der Waals surface area contributed by atoms with Gasteiger partial charge in [0, 0.05) is 11.8 Å². The van der Waals surface area contributed by atoms with E-state index in [0.717, 1.165) is 16.8 Å². The van der Waals surface area contributed by atoms with Crippen LogP contribution in [0, 0.1) is 25.2 Å². The molecule has 0 radical (unpaired) electrons. The van der Waals surface area contributed by atoms with E-state index in [0.29, 0.717) is 27.8 Å². The third kappa shape index (κ3) is 3.07. The lowest BCUT2D eigenvalue weighted by Gasteiger charge is -2.12.